The normalized spacial score (nSPS) is 30.9. The summed E-state index contributed by atoms with van der Waals surface area (Å²) in [6.07, 6.45) is -4.50. The average molecular weight is 513 g/mol. The molecule has 11 heteroatoms. The van der Waals surface area contributed by atoms with Crippen molar-refractivity contribution in [3.05, 3.63) is 57.6 Å². The van der Waals surface area contributed by atoms with Crippen LogP contribution < -0.4 is 5.73 Å². The molecule has 0 aromatic heterocycles. The third kappa shape index (κ3) is 3.95. The minimum absolute atomic E-state index is 0.0423. The highest BCUT2D eigenvalue weighted by atomic mass is 16.7. The molecule has 37 heavy (non-hydrogen) atoms. The lowest BCUT2D eigenvalue weighted by molar-refractivity contribution is -0.247. The molecule has 11 nitrogen and oxygen atoms in total. The summed E-state index contributed by atoms with van der Waals surface area (Å²) in [4.78, 5) is 39.2. The molecule has 1 fully saturated rings. The largest absolute Gasteiger partial charge is 0.507 e. The molecule has 2 aromatic rings. The van der Waals surface area contributed by atoms with Crippen LogP contribution >= 0.6 is 0 Å². The fourth-order valence-corrected chi connectivity index (χ4v) is 5.52. The molecule has 1 aliphatic heterocycles. The quantitative estimate of drug-likeness (QED) is 0.274. The highest BCUT2D eigenvalue weighted by Crippen LogP contribution is 2.48. The number of hydrogen-bond donors (Lipinski definition) is 6. The third-order valence-corrected chi connectivity index (χ3v) is 7.47. The van der Waals surface area contributed by atoms with Crippen molar-refractivity contribution in [3.63, 3.8) is 0 Å². The molecule has 2 aliphatic carbocycles. The molecule has 196 valence electrons. The van der Waals surface area contributed by atoms with E-state index in [1.165, 1.54) is 24.3 Å². The first-order chi connectivity index (χ1) is 17.5. The number of carbonyl (C=O) groups is 3. The number of aliphatic hydroxyl groups is 3. The zero-order valence-corrected chi connectivity index (χ0v) is 19.9. The predicted molar refractivity (Wildman–Crippen MR) is 125 cm³/mol. The molecule has 1 heterocycles. The van der Waals surface area contributed by atoms with E-state index >= 15 is 0 Å². The van der Waals surface area contributed by atoms with Crippen molar-refractivity contribution in [1.82, 2.24) is 0 Å². The van der Waals surface area contributed by atoms with Gasteiger partial charge in [-0.15, -0.1) is 0 Å². The Hall–Kier alpha value is -3.19. The molecular weight excluding hydrogens is 486 g/mol. The zero-order chi connectivity index (χ0) is 26.8. The summed E-state index contributed by atoms with van der Waals surface area (Å²) >= 11 is 0. The summed E-state index contributed by atoms with van der Waals surface area (Å²) < 4.78 is 11.7. The maximum Gasteiger partial charge on any atom is 0.201 e. The number of fused-ring (bicyclic) bond motifs is 3. The number of nitrogens with two attached hydrogens (primary N) is 1. The van der Waals surface area contributed by atoms with Gasteiger partial charge in [-0.1, -0.05) is 12.1 Å². The first-order valence-electron chi connectivity index (χ1n) is 11.9. The van der Waals surface area contributed by atoms with Crippen LogP contribution in [0.1, 0.15) is 68.8 Å². The summed E-state index contributed by atoms with van der Waals surface area (Å²) in [5.74, 6) is -3.25. The number of phenols is 2. The SMILES string of the molecule is CC1OC(O[C@H]2C[C@](O)(C(=O)CO)Cc3cc4c(c(O)c32)C(=O)c2c(O)cccc2C4=O)CC(N)C1O. The van der Waals surface area contributed by atoms with Gasteiger partial charge in [0, 0.05) is 42.0 Å². The molecular formula is C26H27NO10. The van der Waals surface area contributed by atoms with E-state index < -0.39 is 71.7 Å². The Labute approximate surface area is 211 Å². The van der Waals surface area contributed by atoms with Crippen molar-refractivity contribution >= 4 is 17.3 Å². The van der Waals surface area contributed by atoms with E-state index in [1.807, 2.05) is 0 Å². The van der Waals surface area contributed by atoms with Crippen LogP contribution in [0.5, 0.6) is 11.5 Å². The molecule has 7 N–H and O–H groups in total. The van der Waals surface area contributed by atoms with Crippen molar-refractivity contribution in [2.24, 2.45) is 5.73 Å². The number of ether oxygens (including phenoxy) is 2. The molecule has 5 rings (SSSR count). The lowest BCUT2D eigenvalue weighted by Gasteiger charge is -2.42. The number of rotatable bonds is 4. The summed E-state index contributed by atoms with van der Waals surface area (Å²) in [6, 6.07) is 4.69. The topological polar surface area (TPSA) is 197 Å². The van der Waals surface area contributed by atoms with Crippen LogP contribution in [-0.2, 0) is 20.7 Å². The van der Waals surface area contributed by atoms with Gasteiger partial charge in [-0.2, -0.15) is 0 Å². The molecule has 3 aliphatic rings. The second kappa shape index (κ2) is 8.98. The predicted octanol–water partition coefficient (Wildman–Crippen LogP) is -0.00730. The van der Waals surface area contributed by atoms with Gasteiger partial charge in [-0.25, -0.2) is 0 Å². The number of Topliss-reactive ketones (excluding diaryl/α,β-unsaturated/α-hetero) is 1. The summed E-state index contributed by atoms with van der Waals surface area (Å²) in [5.41, 5.74) is 3.40. The number of carbonyl (C=O) groups excluding carboxylic acids is 3. The molecule has 0 bridgehead atoms. The van der Waals surface area contributed by atoms with Crippen LogP contribution in [-0.4, -0.2) is 79.6 Å². The fraction of sp³-hybridized carbons (Fsp3) is 0.423. The maximum absolute atomic E-state index is 13.4. The molecule has 2 aromatic carbocycles. The van der Waals surface area contributed by atoms with Crippen LogP contribution in [0, 0.1) is 0 Å². The molecule has 6 atom stereocenters. The first kappa shape index (κ1) is 25.5. The summed E-state index contributed by atoms with van der Waals surface area (Å²) in [6.45, 7) is 0.649. The Morgan fingerprint density at radius 3 is 2.59 bits per heavy atom. The highest BCUT2D eigenvalue weighted by molar-refractivity contribution is 6.30. The van der Waals surface area contributed by atoms with Gasteiger partial charge in [0.15, 0.2) is 17.9 Å². The standard InChI is InChI=1S/C26H27NO10/c1-10-22(31)14(27)6-18(36-10)37-16-8-26(35,17(30)9-28)7-11-5-13-21(24(33)19(11)16)25(34)20-12(23(13)32)3-2-4-15(20)29/h2-5,10,14,16,18,22,28-29,31,33,35H,6-9,27H2,1H3/t10?,14?,16-,18?,22?,26-/m0/s1. The molecule has 0 saturated carbocycles. The van der Waals surface area contributed by atoms with Gasteiger partial charge in [-0.05, 0) is 24.6 Å². The summed E-state index contributed by atoms with van der Waals surface area (Å²) in [5, 5.41) is 52.4. The highest BCUT2D eigenvalue weighted by Gasteiger charge is 2.48. The van der Waals surface area contributed by atoms with Gasteiger partial charge in [0.1, 0.15) is 23.7 Å². The van der Waals surface area contributed by atoms with Crippen LogP contribution in [0.15, 0.2) is 24.3 Å². The van der Waals surface area contributed by atoms with Crippen LogP contribution in [0.4, 0.5) is 0 Å². The minimum atomic E-state index is -2.09. The lowest BCUT2D eigenvalue weighted by Crippen LogP contribution is -2.53. The number of ketones is 3. The van der Waals surface area contributed by atoms with E-state index in [1.54, 1.807) is 6.92 Å². The fourth-order valence-electron chi connectivity index (χ4n) is 5.52. The van der Waals surface area contributed by atoms with Gasteiger partial charge in [0.25, 0.3) is 0 Å². The van der Waals surface area contributed by atoms with Gasteiger partial charge >= 0.3 is 0 Å². The second-order valence-electron chi connectivity index (χ2n) is 9.86. The third-order valence-electron chi connectivity index (χ3n) is 7.47. The van der Waals surface area contributed by atoms with Crippen LogP contribution in [0.2, 0.25) is 0 Å². The minimum Gasteiger partial charge on any atom is -0.507 e. The molecule has 0 amide bonds. The summed E-state index contributed by atoms with van der Waals surface area (Å²) in [7, 11) is 0. The number of hydrogen-bond acceptors (Lipinski definition) is 11. The number of aliphatic hydroxyl groups excluding tert-OH is 2. The molecule has 0 spiro atoms. The van der Waals surface area contributed by atoms with Crippen LogP contribution in [0.3, 0.4) is 0 Å². The monoisotopic (exact) mass is 513 g/mol. The second-order valence-corrected chi connectivity index (χ2v) is 9.86. The Morgan fingerprint density at radius 1 is 1.19 bits per heavy atom. The maximum atomic E-state index is 13.4. The Balaban J connectivity index is 1.64. The van der Waals surface area contributed by atoms with Crippen molar-refractivity contribution in [3.8, 4) is 11.5 Å². The van der Waals surface area contributed by atoms with Crippen molar-refractivity contribution < 1.29 is 49.4 Å². The molecule has 1 saturated heterocycles. The van der Waals surface area contributed by atoms with Gasteiger partial charge in [0.2, 0.25) is 5.78 Å². The zero-order valence-electron chi connectivity index (χ0n) is 19.9. The van der Waals surface area contributed by atoms with E-state index in [-0.39, 0.29) is 52.6 Å². The van der Waals surface area contributed by atoms with Crippen molar-refractivity contribution in [2.45, 2.75) is 62.4 Å². The Morgan fingerprint density at radius 2 is 1.92 bits per heavy atom. The number of aromatic hydroxyl groups is 2. The van der Waals surface area contributed by atoms with Crippen LogP contribution in [0.25, 0.3) is 0 Å². The first-order valence-corrected chi connectivity index (χ1v) is 11.9. The Kier molecular flexibility index (Phi) is 6.18. The van der Waals surface area contributed by atoms with E-state index in [0.717, 1.165) is 0 Å². The van der Waals surface area contributed by atoms with E-state index in [4.69, 9.17) is 15.2 Å². The van der Waals surface area contributed by atoms with Crippen molar-refractivity contribution in [2.75, 3.05) is 6.61 Å². The smallest absolute Gasteiger partial charge is 0.201 e. The Bertz CT molecular complexity index is 1310. The van der Waals surface area contributed by atoms with Gasteiger partial charge in [-0.3, -0.25) is 14.4 Å². The van der Waals surface area contributed by atoms with Crippen molar-refractivity contribution in [1.29, 1.82) is 0 Å². The van der Waals surface area contributed by atoms with E-state index in [2.05, 4.69) is 0 Å². The van der Waals surface area contributed by atoms with E-state index in [9.17, 15) is 39.9 Å². The number of phenolic OH excluding ortho intramolecular Hbond substituents is 2. The average Bonchev–Trinajstić information content (AvgIpc) is 2.84. The van der Waals surface area contributed by atoms with Gasteiger partial charge in [0.05, 0.1) is 29.4 Å². The molecule has 4 unspecified atom stereocenters. The number of benzene rings is 2. The van der Waals surface area contributed by atoms with E-state index in [0.29, 0.717) is 0 Å². The lowest BCUT2D eigenvalue weighted by atomic mass is 9.72. The van der Waals surface area contributed by atoms with Gasteiger partial charge < -0.3 is 40.7 Å². The molecule has 0 radical (unpaired) electrons.